The second kappa shape index (κ2) is 5.02. The molecule has 0 aliphatic heterocycles. The van der Waals surface area contributed by atoms with Gasteiger partial charge in [0.1, 0.15) is 5.60 Å². The van der Waals surface area contributed by atoms with Crippen molar-refractivity contribution in [1.82, 2.24) is 0 Å². The Morgan fingerprint density at radius 1 is 0.808 bits per heavy atom. The van der Waals surface area contributed by atoms with Crippen LogP contribution < -0.4 is 0 Å². The van der Waals surface area contributed by atoms with Crippen LogP contribution in [0.3, 0.4) is 0 Å². The summed E-state index contributed by atoms with van der Waals surface area (Å²) in [5, 5.41) is 67.4. The van der Waals surface area contributed by atoms with E-state index in [1.165, 1.54) is 0 Å². The third-order valence-corrected chi connectivity index (χ3v) is 9.11. The molecule has 150 valence electrons. The van der Waals surface area contributed by atoms with Crippen molar-refractivity contribution < 1.29 is 30.6 Å². The summed E-state index contributed by atoms with van der Waals surface area (Å²) in [7, 11) is 0. The van der Waals surface area contributed by atoms with Crippen molar-refractivity contribution in [3.63, 3.8) is 0 Å². The van der Waals surface area contributed by atoms with E-state index in [1.54, 1.807) is 27.7 Å². The summed E-state index contributed by atoms with van der Waals surface area (Å²) in [6.45, 7) is 6.83. The standard InChI is InChI=1S/C20H34O6/c1-16(2)13(21)7-12-18(4,24)11-6-5-10-15(11)19(25,9-17(10,3)23)8-14(22)20(12,16)26/h10-15,21-26H,5-9H2,1-4H3/t10-,11+,12-,13-,14+,15+,17+,18+,19-,20-/m0/s1. The Bertz CT molecular complexity index is 615. The molecule has 0 heterocycles. The largest absolute Gasteiger partial charge is 0.392 e. The molecule has 0 amide bonds. The van der Waals surface area contributed by atoms with Gasteiger partial charge in [-0.05, 0) is 50.9 Å². The van der Waals surface area contributed by atoms with Crippen LogP contribution in [0.1, 0.15) is 59.8 Å². The Balaban J connectivity index is 1.89. The summed E-state index contributed by atoms with van der Waals surface area (Å²) >= 11 is 0. The van der Waals surface area contributed by atoms with E-state index in [1.807, 2.05) is 0 Å². The predicted molar refractivity (Wildman–Crippen MR) is 94.0 cm³/mol. The van der Waals surface area contributed by atoms with Crippen LogP contribution in [-0.4, -0.2) is 65.3 Å². The van der Waals surface area contributed by atoms with Crippen molar-refractivity contribution in [3.8, 4) is 0 Å². The van der Waals surface area contributed by atoms with Gasteiger partial charge in [-0.15, -0.1) is 0 Å². The van der Waals surface area contributed by atoms with Crippen molar-refractivity contribution in [1.29, 1.82) is 0 Å². The van der Waals surface area contributed by atoms with Crippen LogP contribution in [0, 0.1) is 29.1 Å². The molecule has 0 saturated heterocycles. The zero-order chi connectivity index (χ0) is 19.5. The normalized spacial score (nSPS) is 63.9. The highest BCUT2D eigenvalue weighted by Gasteiger charge is 2.74. The van der Waals surface area contributed by atoms with Crippen molar-refractivity contribution in [3.05, 3.63) is 0 Å². The molecule has 4 rings (SSSR count). The summed E-state index contributed by atoms with van der Waals surface area (Å²) in [6, 6.07) is 0. The number of aliphatic hydroxyl groups is 6. The lowest BCUT2D eigenvalue weighted by Crippen LogP contribution is -2.67. The van der Waals surface area contributed by atoms with Crippen LogP contribution in [-0.2, 0) is 0 Å². The highest BCUT2D eigenvalue weighted by atomic mass is 16.4. The molecule has 0 radical (unpaired) electrons. The number of fused-ring (bicyclic) bond motifs is 1. The third kappa shape index (κ3) is 1.98. The van der Waals surface area contributed by atoms with Crippen LogP contribution >= 0.6 is 0 Å². The lowest BCUT2D eigenvalue weighted by Gasteiger charge is -2.55. The molecule has 26 heavy (non-hydrogen) atoms. The molecule has 6 heteroatoms. The minimum absolute atomic E-state index is 0.0555. The van der Waals surface area contributed by atoms with E-state index in [-0.39, 0.29) is 37.0 Å². The number of aliphatic hydroxyl groups excluding tert-OH is 2. The smallest absolute Gasteiger partial charge is 0.104 e. The molecule has 4 aliphatic rings. The van der Waals surface area contributed by atoms with Gasteiger partial charge in [0.2, 0.25) is 0 Å². The van der Waals surface area contributed by atoms with Gasteiger partial charge in [-0.1, -0.05) is 13.8 Å². The first-order valence-electron chi connectivity index (χ1n) is 9.95. The molecule has 0 aromatic rings. The second-order valence-electron chi connectivity index (χ2n) is 10.8. The van der Waals surface area contributed by atoms with Crippen LogP contribution in [0.15, 0.2) is 0 Å². The fraction of sp³-hybridized carbons (Fsp3) is 1.00. The molecule has 0 bridgehead atoms. The topological polar surface area (TPSA) is 121 Å². The lowest BCUT2D eigenvalue weighted by molar-refractivity contribution is -0.247. The highest BCUT2D eigenvalue weighted by molar-refractivity contribution is 5.24. The number of rotatable bonds is 0. The molecule has 0 unspecified atom stereocenters. The molecule has 0 aromatic heterocycles. The summed E-state index contributed by atoms with van der Waals surface area (Å²) in [5.74, 6) is -1.46. The first-order valence-corrected chi connectivity index (χ1v) is 9.95. The van der Waals surface area contributed by atoms with Crippen LogP contribution in [0.5, 0.6) is 0 Å². The molecule has 4 saturated carbocycles. The first-order chi connectivity index (χ1) is 11.7. The van der Waals surface area contributed by atoms with Crippen molar-refractivity contribution in [2.75, 3.05) is 0 Å². The summed E-state index contributed by atoms with van der Waals surface area (Å²) in [6.07, 6.45) is -0.522. The van der Waals surface area contributed by atoms with Gasteiger partial charge in [0, 0.05) is 24.2 Å². The molecule has 10 atom stereocenters. The minimum Gasteiger partial charge on any atom is -0.392 e. The number of hydrogen-bond acceptors (Lipinski definition) is 6. The van der Waals surface area contributed by atoms with E-state index < -0.39 is 45.9 Å². The van der Waals surface area contributed by atoms with E-state index in [0.717, 1.165) is 0 Å². The van der Waals surface area contributed by atoms with Crippen molar-refractivity contribution in [2.45, 2.75) is 94.4 Å². The second-order valence-corrected chi connectivity index (χ2v) is 10.8. The fourth-order valence-electron chi connectivity index (χ4n) is 7.69. The van der Waals surface area contributed by atoms with Crippen LogP contribution in [0.2, 0.25) is 0 Å². The Morgan fingerprint density at radius 3 is 2.00 bits per heavy atom. The zero-order valence-corrected chi connectivity index (χ0v) is 16.2. The van der Waals surface area contributed by atoms with Crippen LogP contribution in [0.25, 0.3) is 0 Å². The third-order valence-electron chi connectivity index (χ3n) is 9.11. The molecular formula is C20H34O6. The van der Waals surface area contributed by atoms with E-state index >= 15 is 0 Å². The van der Waals surface area contributed by atoms with Gasteiger partial charge in [-0.2, -0.15) is 0 Å². The van der Waals surface area contributed by atoms with Crippen molar-refractivity contribution in [2.24, 2.45) is 29.1 Å². The summed E-state index contributed by atoms with van der Waals surface area (Å²) in [4.78, 5) is 0. The monoisotopic (exact) mass is 370 g/mol. The first kappa shape index (κ1) is 19.1. The van der Waals surface area contributed by atoms with Gasteiger partial charge < -0.3 is 30.6 Å². The van der Waals surface area contributed by atoms with Gasteiger partial charge in [-0.3, -0.25) is 0 Å². The maximum absolute atomic E-state index is 11.7. The van der Waals surface area contributed by atoms with Crippen molar-refractivity contribution >= 4 is 0 Å². The van der Waals surface area contributed by atoms with E-state index in [2.05, 4.69) is 0 Å². The van der Waals surface area contributed by atoms with Gasteiger partial charge in [0.25, 0.3) is 0 Å². The average Bonchev–Trinajstić information content (AvgIpc) is 3.08. The molecule has 6 nitrogen and oxygen atoms in total. The van der Waals surface area contributed by atoms with E-state index in [4.69, 9.17) is 0 Å². The van der Waals surface area contributed by atoms with E-state index in [0.29, 0.717) is 12.8 Å². The predicted octanol–water partition coefficient (Wildman–Crippen LogP) is 0.168. The Hall–Kier alpha value is -0.240. The van der Waals surface area contributed by atoms with Gasteiger partial charge in [0.05, 0.1) is 29.0 Å². The molecule has 0 aromatic carbocycles. The average molecular weight is 370 g/mol. The summed E-state index contributed by atoms with van der Waals surface area (Å²) < 4.78 is 0. The molecule has 0 spiro atoms. The Labute approximate surface area is 154 Å². The fourth-order valence-corrected chi connectivity index (χ4v) is 7.69. The summed E-state index contributed by atoms with van der Waals surface area (Å²) in [5.41, 5.74) is -6.50. The van der Waals surface area contributed by atoms with Gasteiger partial charge in [-0.25, -0.2) is 0 Å². The maximum atomic E-state index is 11.7. The van der Waals surface area contributed by atoms with Gasteiger partial charge >= 0.3 is 0 Å². The highest BCUT2D eigenvalue weighted by Crippen LogP contribution is 2.67. The van der Waals surface area contributed by atoms with E-state index in [9.17, 15) is 30.6 Å². The maximum Gasteiger partial charge on any atom is 0.104 e. The van der Waals surface area contributed by atoms with Gasteiger partial charge in [0.15, 0.2) is 0 Å². The molecule has 4 fully saturated rings. The number of hydrogen-bond donors (Lipinski definition) is 6. The Kier molecular flexibility index (Phi) is 3.69. The molecule has 4 aliphatic carbocycles. The van der Waals surface area contributed by atoms with Crippen LogP contribution in [0.4, 0.5) is 0 Å². The molecular weight excluding hydrogens is 336 g/mol. The molecule has 6 N–H and O–H groups in total. The Morgan fingerprint density at radius 2 is 1.38 bits per heavy atom. The zero-order valence-electron chi connectivity index (χ0n) is 16.2. The lowest BCUT2D eigenvalue weighted by atomic mass is 9.56. The SMILES string of the molecule is CC1(C)[C@@H](O)C[C@H]2[C@](C)(O)[C@@H]3CC[C@H]4[C@H]3[C@](O)(C[C@@H](O)[C@@]21O)C[C@@]4(C)O. The minimum atomic E-state index is -1.72. The quantitative estimate of drug-likeness (QED) is 0.361.